The molecule has 1 aromatic heterocycles. The average molecular weight is 312 g/mol. The van der Waals surface area contributed by atoms with E-state index in [1.165, 1.54) is 18.4 Å². The topological polar surface area (TPSA) is 58.6 Å². The first-order valence-electron chi connectivity index (χ1n) is 7.01. The minimum Gasteiger partial charge on any atom is -0.465 e. The molecule has 1 rings (SSSR count). The van der Waals surface area contributed by atoms with Crippen LogP contribution in [0.4, 0.5) is 5.69 Å². The summed E-state index contributed by atoms with van der Waals surface area (Å²) in [7, 11) is 3.26. The Morgan fingerprint density at radius 2 is 2.05 bits per heavy atom. The molecule has 0 unspecified atom stereocenters. The molecule has 0 aromatic carbocycles. The number of ether oxygens (including phenoxy) is 1. The Balaban J connectivity index is 2.58. The molecule has 1 amide bonds. The Morgan fingerprint density at radius 1 is 1.38 bits per heavy atom. The van der Waals surface area contributed by atoms with E-state index in [0.717, 1.165) is 6.42 Å². The van der Waals surface area contributed by atoms with E-state index < -0.39 is 5.97 Å². The molecule has 0 aliphatic rings. The molecule has 0 fully saturated rings. The van der Waals surface area contributed by atoms with Gasteiger partial charge in [-0.05, 0) is 37.8 Å². The molecule has 6 heteroatoms. The third kappa shape index (κ3) is 5.47. The molecular formula is C15H24N2O3S. The summed E-state index contributed by atoms with van der Waals surface area (Å²) < 4.78 is 4.69. The maximum atomic E-state index is 12.1. The number of hydrogen-bond donors (Lipinski definition) is 1. The third-order valence-corrected chi connectivity index (χ3v) is 4.16. The highest BCUT2D eigenvalue weighted by Crippen LogP contribution is 2.23. The van der Waals surface area contributed by atoms with Crippen molar-refractivity contribution in [2.45, 2.75) is 33.2 Å². The third-order valence-electron chi connectivity index (χ3n) is 3.27. The maximum Gasteiger partial charge on any atom is 0.350 e. The van der Waals surface area contributed by atoms with Gasteiger partial charge in [0.2, 0.25) is 5.91 Å². The summed E-state index contributed by atoms with van der Waals surface area (Å²) in [6, 6.07) is 2.05. The van der Waals surface area contributed by atoms with E-state index in [0.29, 0.717) is 29.1 Å². The fraction of sp³-hybridized carbons (Fsp3) is 0.600. The van der Waals surface area contributed by atoms with Gasteiger partial charge in [0, 0.05) is 6.04 Å². The van der Waals surface area contributed by atoms with Crippen molar-refractivity contribution >= 4 is 28.9 Å². The van der Waals surface area contributed by atoms with E-state index in [9.17, 15) is 9.59 Å². The van der Waals surface area contributed by atoms with Crippen molar-refractivity contribution in [2.24, 2.45) is 5.92 Å². The lowest BCUT2D eigenvalue weighted by Crippen LogP contribution is -2.37. The first-order valence-corrected chi connectivity index (χ1v) is 7.89. The van der Waals surface area contributed by atoms with Crippen molar-refractivity contribution in [1.29, 1.82) is 0 Å². The van der Waals surface area contributed by atoms with Crippen LogP contribution in [0.2, 0.25) is 0 Å². The van der Waals surface area contributed by atoms with Crippen LogP contribution in [0.5, 0.6) is 0 Å². The standard InChI is InChI=1S/C15H24N2O3S/c1-10(2)8-11(3)17(4)9-13(18)16-12-6-7-21-14(12)15(19)20-5/h6-7,10-11H,8-9H2,1-5H3,(H,16,18)/t11-/m0/s1. The molecular weight excluding hydrogens is 288 g/mol. The predicted molar refractivity (Wildman–Crippen MR) is 85.8 cm³/mol. The molecule has 0 saturated carbocycles. The average Bonchev–Trinajstić information content (AvgIpc) is 2.84. The number of hydrogen-bond acceptors (Lipinski definition) is 5. The predicted octanol–water partition coefficient (Wildman–Crippen LogP) is 2.84. The van der Waals surface area contributed by atoms with E-state index in [2.05, 4.69) is 30.8 Å². The lowest BCUT2D eigenvalue weighted by molar-refractivity contribution is -0.117. The Labute approximate surface area is 130 Å². The molecule has 0 radical (unpaired) electrons. The van der Waals surface area contributed by atoms with E-state index in [4.69, 9.17) is 0 Å². The van der Waals surface area contributed by atoms with E-state index in [1.54, 1.807) is 11.4 Å². The van der Waals surface area contributed by atoms with Gasteiger partial charge >= 0.3 is 5.97 Å². The number of methoxy groups -OCH3 is 1. The van der Waals surface area contributed by atoms with Crippen LogP contribution in [0.1, 0.15) is 36.9 Å². The van der Waals surface area contributed by atoms with Crippen LogP contribution in [0.25, 0.3) is 0 Å². The van der Waals surface area contributed by atoms with E-state index in [-0.39, 0.29) is 5.91 Å². The first-order chi connectivity index (χ1) is 9.85. The Bertz CT molecular complexity index is 485. The van der Waals surface area contributed by atoms with E-state index in [1.807, 2.05) is 11.9 Å². The molecule has 0 bridgehead atoms. The maximum absolute atomic E-state index is 12.1. The SMILES string of the molecule is COC(=O)c1sccc1NC(=O)CN(C)[C@@H](C)CC(C)C. The van der Waals surface area contributed by atoms with Gasteiger partial charge in [0.05, 0.1) is 19.3 Å². The Hall–Kier alpha value is -1.40. The summed E-state index contributed by atoms with van der Waals surface area (Å²) in [5.74, 6) is 0.0341. The van der Waals surface area contributed by atoms with Gasteiger partial charge in [-0.15, -0.1) is 11.3 Å². The van der Waals surface area contributed by atoms with Crippen molar-refractivity contribution in [3.63, 3.8) is 0 Å². The van der Waals surface area contributed by atoms with Crippen LogP contribution < -0.4 is 5.32 Å². The Kier molecular flexibility index (Phi) is 6.84. The second kappa shape index (κ2) is 8.14. The van der Waals surface area contributed by atoms with Crippen molar-refractivity contribution in [1.82, 2.24) is 4.90 Å². The van der Waals surface area contributed by atoms with Crippen LogP contribution in [0, 0.1) is 5.92 Å². The zero-order valence-electron chi connectivity index (χ0n) is 13.3. The fourth-order valence-electron chi connectivity index (χ4n) is 2.09. The van der Waals surface area contributed by atoms with Gasteiger partial charge in [0.25, 0.3) is 0 Å². The Morgan fingerprint density at radius 3 is 2.62 bits per heavy atom. The van der Waals surface area contributed by atoms with Crippen LogP contribution in [0.15, 0.2) is 11.4 Å². The molecule has 0 saturated heterocycles. The number of nitrogens with zero attached hydrogens (tertiary/aromatic N) is 1. The number of thiophene rings is 1. The van der Waals surface area contributed by atoms with Crippen molar-refractivity contribution in [3.05, 3.63) is 16.3 Å². The lowest BCUT2D eigenvalue weighted by atomic mass is 10.0. The van der Waals surface area contributed by atoms with Crippen LogP contribution >= 0.6 is 11.3 Å². The lowest BCUT2D eigenvalue weighted by Gasteiger charge is -2.25. The molecule has 5 nitrogen and oxygen atoms in total. The van der Waals surface area contributed by atoms with Gasteiger partial charge in [0.1, 0.15) is 4.88 Å². The van der Waals surface area contributed by atoms with Gasteiger partial charge in [-0.3, -0.25) is 9.69 Å². The molecule has 21 heavy (non-hydrogen) atoms. The van der Waals surface area contributed by atoms with Crippen LogP contribution in [-0.4, -0.2) is 43.5 Å². The second-order valence-electron chi connectivity index (χ2n) is 5.60. The van der Waals surface area contributed by atoms with E-state index >= 15 is 0 Å². The number of anilines is 1. The zero-order valence-corrected chi connectivity index (χ0v) is 14.1. The van der Waals surface area contributed by atoms with Gasteiger partial charge in [-0.2, -0.15) is 0 Å². The summed E-state index contributed by atoms with van der Waals surface area (Å²) in [5, 5.41) is 4.53. The second-order valence-corrected chi connectivity index (χ2v) is 6.51. The smallest absolute Gasteiger partial charge is 0.350 e. The number of amides is 1. The highest BCUT2D eigenvalue weighted by molar-refractivity contribution is 7.12. The van der Waals surface area contributed by atoms with Crippen LogP contribution in [-0.2, 0) is 9.53 Å². The molecule has 1 heterocycles. The highest BCUT2D eigenvalue weighted by Gasteiger charge is 2.18. The normalized spacial score (nSPS) is 12.5. The number of esters is 1. The number of nitrogens with one attached hydrogen (secondary N) is 1. The minimum absolute atomic E-state index is 0.128. The number of rotatable bonds is 7. The molecule has 0 aliphatic heterocycles. The molecule has 0 spiro atoms. The van der Waals surface area contributed by atoms with Crippen molar-refractivity contribution in [2.75, 3.05) is 26.0 Å². The zero-order chi connectivity index (χ0) is 16.0. The monoisotopic (exact) mass is 312 g/mol. The largest absolute Gasteiger partial charge is 0.465 e. The van der Waals surface area contributed by atoms with Gasteiger partial charge in [-0.25, -0.2) is 4.79 Å². The number of likely N-dealkylation sites (N-methyl/N-ethyl adjacent to an activating group) is 1. The minimum atomic E-state index is -0.429. The van der Waals surface area contributed by atoms with Crippen LogP contribution in [0.3, 0.4) is 0 Å². The molecule has 118 valence electrons. The summed E-state index contributed by atoms with van der Waals surface area (Å²) in [4.78, 5) is 26.1. The highest BCUT2D eigenvalue weighted by atomic mass is 32.1. The summed E-state index contributed by atoms with van der Waals surface area (Å²) in [6.45, 7) is 6.74. The summed E-state index contributed by atoms with van der Waals surface area (Å²) in [6.07, 6.45) is 1.04. The van der Waals surface area contributed by atoms with Crippen molar-refractivity contribution in [3.8, 4) is 0 Å². The fourth-order valence-corrected chi connectivity index (χ4v) is 2.86. The molecule has 1 atom stereocenters. The first kappa shape index (κ1) is 17.7. The molecule has 0 aliphatic carbocycles. The summed E-state index contributed by atoms with van der Waals surface area (Å²) >= 11 is 1.25. The molecule has 1 aromatic rings. The quantitative estimate of drug-likeness (QED) is 0.787. The van der Waals surface area contributed by atoms with Gasteiger partial charge in [-0.1, -0.05) is 13.8 Å². The number of carbonyl (C=O) groups is 2. The number of carbonyl (C=O) groups excluding carboxylic acids is 2. The van der Waals surface area contributed by atoms with Crippen molar-refractivity contribution < 1.29 is 14.3 Å². The summed E-state index contributed by atoms with van der Waals surface area (Å²) in [5.41, 5.74) is 0.516. The van der Waals surface area contributed by atoms with Gasteiger partial charge < -0.3 is 10.1 Å². The molecule has 1 N–H and O–H groups in total. The van der Waals surface area contributed by atoms with Gasteiger partial charge in [0.15, 0.2) is 0 Å².